The summed E-state index contributed by atoms with van der Waals surface area (Å²) in [6.07, 6.45) is 2.10. The highest BCUT2D eigenvalue weighted by Gasteiger charge is 2.38. The number of fused-ring (bicyclic) bond motifs is 1. The maximum Gasteiger partial charge on any atom is 0.245 e. The normalized spacial score (nSPS) is 20.9. The van der Waals surface area contributed by atoms with Crippen LogP contribution >= 0.6 is 0 Å². The van der Waals surface area contributed by atoms with E-state index in [2.05, 4.69) is 0 Å². The van der Waals surface area contributed by atoms with Gasteiger partial charge in [0.15, 0.2) is 0 Å². The monoisotopic (exact) mass is 407 g/mol. The number of rotatable bonds is 4. The van der Waals surface area contributed by atoms with E-state index < -0.39 is 16.1 Å². The molecule has 0 aromatic heterocycles. The zero-order valence-corrected chi connectivity index (χ0v) is 17.6. The Morgan fingerprint density at radius 1 is 1.07 bits per heavy atom. The third-order valence-electron chi connectivity index (χ3n) is 5.46. The van der Waals surface area contributed by atoms with Gasteiger partial charge in [0.2, 0.25) is 21.8 Å². The van der Waals surface area contributed by atoms with Gasteiger partial charge in [-0.3, -0.25) is 9.59 Å². The molecule has 3 rings (SSSR count). The van der Waals surface area contributed by atoms with Gasteiger partial charge in [-0.2, -0.15) is 4.31 Å². The Hall–Kier alpha value is -1.93. The minimum absolute atomic E-state index is 0.00220. The second kappa shape index (κ2) is 8.21. The van der Waals surface area contributed by atoms with Crippen molar-refractivity contribution < 1.29 is 18.0 Å². The Morgan fingerprint density at radius 3 is 2.25 bits per heavy atom. The summed E-state index contributed by atoms with van der Waals surface area (Å²) in [4.78, 5) is 29.6. The molecule has 1 fully saturated rings. The number of carbonyl (C=O) groups is 2. The average Bonchev–Trinajstić information content (AvgIpc) is 2.65. The van der Waals surface area contributed by atoms with Crippen molar-refractivity contribution in [3.8, 4) is 0 Å². The van der Waals surface area contributed by atoms with Gasteiger partial charge < -0.3 is 9.80 Å². The van der Waals surface area contributed by atoms with Gasteiger partial charge in [0, 0.05) is 45.6 Å². The summed E-state index contributed by atoms with van der Waals surface area (Å²) in [6.45, 7) is 5.75. The second-order valence-corrected chi connectivity index (χ2v) is 10.1. The van der Waals surface area contributed by atoms with Crippen LogP contribution in [0.25, 0.3) is 0 Å². The zero-order valence-electron chi connectivity index (χ0n) is 16.8. The van der Waals surface area contributed by atoms with Crippen LogP contribution < -0.4 is 0 Å². The summed E-state index contributed by atoms with van der Waals surface area (Å²) in [5.41, 5.74) is 2.19. The van der Waals surface area contributed by atoms with E-state index in [1.54, 1.807) is 9.80 Å². The third-order valence-corrected chi connectivity index (χ3v) is 6.76. The Labute approximate surface area is 167 Å². The fourth-order valence-electron chi connectivity index (χ4n) is 3.92. The van der Waals surface area contributed by atoms with Crippen molar-refractivity contribution in [1.82, 2.24) is 14.1 Å². The molecule has 8 heteroatoms. The molecule has 0 spiro atoms. The fourth-order valence-corrected chi connectivity index (χ4v) is 4.75. The van der Waals surface area contributed by atoms with E-state index in [1.165, 1.54) is 10.6 Å². The van der Waals surface area contributed by atoms with Gasteiger partial charge in [-0.15, -0.1) is 0 Å². The first-order valence-corrected chi connectivity index (χ1v) is 11.6. The first kappa shape index (κ1) is 20.8. The summed E-state index contributed by atoms with van der Waals surface area (Å²) >= 11 is 0. The Morgan fingerprint density at radius 2 is 1.68 bits per heavy atom. The van der Waals surface area contributed by atoms with E-state index in [-0.39, 0.29) is 17.7 Å². The lowest BCUT2D eigenvalue weighted by Gasteiger charge is -2.41. The van der Waals surface area contributed by atoms with Crippen LogP contribution in [0, 0.1) is 5.92 Å². The molecule has 0 N–H and O–H groups in total. The molecule has 1 unspecified atom stereocenters. The first-order valence-electron chi connectivity index (χ1n) is 9.77. The Balaban J connectivity index is 1.79. The van der Waals surface area contributed by atoms with Crippen molar-refractivity contribution in [2.24, 2.45) is 5.92 Å². The van der Waals surface area contributed by atoms with E-state index in [4.69, 9.17) is 0 Å². The molecule has 2 heterocycles. The van der Waals surface area contributed by atoms with E-state index in [9.17, 15) is 18.0 Å². The van der Waals surface area contributed by atoms with Crippen molar-refractivity contribution in [2.75, 3.05) is 32.4 Å². The lowest BCUT2D eigenvalue weighted by Crippen LogP contribution is -2.58. The number of sulfonamides is 1. The van der Waals surface area contributed by atoms with E-state index in [0.29, 0.717) is 45.6 Å². The van der Waals surface area contributed by atoms with E-state index in [1.807, 2.05) is 38.1 Å². The van der Waals surface area contributed by atoms with Crippen LogP contribution in [-0.4, -0.2) is 72.8 Å². The van der Waals surface area contributed by atoms with Crippen molar-refractivity contribution in [3.05, 3.63) is 35.4 Å². The lowest BCUT2D eigenvalue weighted by molar-refractivity contribution is -0.148. The van der Waals surface area contributed by atoms with Crippen molar-refractivity contribution in [2.45, 2.75) is 39.3 Å². The number of benzene rings is 1. The van der Waals surface area contributed by atoms with Crippen LogP contribution in [0.5, 0.6) is 0 Å². The minimum Gasteiger partial charge on any atom is -0.338 e. The standard InChI is InChI=1S/C20H29N3O4S/c1-15(2)12-19(24)23-14-17-7-5-4-6-16(17)13-18(23)20(25)21-8-10-22(11-9-21)28(3,26)27/h4-7,15,18H,8-14H2,1-3H3. The van der Waals surface area contributed by atoms with Crippen molar-refractivity contribution in [1.29, 1.82) is 0 Å². The summed E-state index contributed by atoms with van der Waals surface area (Å²) in [7, 11) is -3.25. The zero-order chi connectivity index (χ0) is 20.5. The molecule has 1 atom stereocenters. The number of hydrogen-bond donors (Lipinski definition) is 0. The molecule has 1 saturated heterocycles. The van der Waals surface area contributed by atoms with Crippen molar-refractivity contribution >= 4 is 21.8 Å². The van der Waals surface area contributed by atoms with Gasteiger partial charge in [-0.1, -0.05) is 38.1 Å². The SMILES string of the molecule is CC(C)CC(=O)N1Cc2ccccc2CC1C(=O)N1CCN(S(C)(=O)=O)CC1. The average molecular weight is 408 g/mol. The largest absolute Gasteiger partial charge is 0.338 e. The molecule has 1 aromatic rings. The third kappa shape index (κ3) is 4.55. The molecule has 0 aliphatic carbocycles. The molecule has 7 nitrogen and oxygen atoms in total. The van der Waals surface area contributed by atoms with Crippen LogP contribution in [0.3, 0.4) is 0 Å². The number of piperazine rings is 1. The molecular weight excluding hydrogens is 378 g/mol. The van der Waals surface area contributed by atoms with Gasteiger partial charge in [0.05, 0.1) is 6.26 Å². The smallest absolute Gasteiger partial charge is 0.245 e. The van der Waals surface area contributed by atoms with E-state index >= 15 is 0 Å². The summed E-state index contributed by atoms with van der Waals surface area (Å²) in [5.74, 6) is 0.135. The maximum atomic E-state index is 13.3. The molecule has 2 amide bonds. The number of nitrogens with zero attached hydrogens (tertiary/aromatic N) is 3. The van der Waals surface area contributed by atoms with Gasteiger partial charge in [-0.05, 0) is 17.0 Å². The highest BCUT2D eigenvalue weighted by atomic mass is 32.2. The highest BCUT2D eigenvalue weighted by molar-refractivity contribution is 7.88. The molecule has 0 bridgehead atoms. The van der Waals surface area contributed by atoms with Gasteiger partial charge >= 0.3 is 0 Å². The molecule has 0 radical (unpaired) electrons. The summed E-state index contributed by atoms with van der Waals surface area (Å²) in [5, 5.41) is 0. The predicted molar refractivity (Wildman–Crippen MR) is 107 cm³/mol. The predicted octanol–water partition coefficient (Wildman–Crippen LogP) is 1.09. The molecule has 154 valence electrons. The fraction of sp³-hybridized carbons (Fsp3) is 0.600. The van der Waals surface area contributed by atoms with Gasteiger partial charge in [-0.25, -0.2) is 8.42 Å². The van der Waals surface area contributed by atoms with Crippen LogP contribution in [0.1, 0.15) is 31.4 Å². The molecular formula is C20H29N3O4S. The van der Waals surface area contributed by atoms with Gasteiger partial charge in [0.25, 0.3) is 0 Å². The topological polar surface area (TPSA) is 78.0 Å². The van der Waals surface area contributed by atoms with Crippen LogP contribution in [0.15, 0.2) is 24.3 Å². The van der Waals surface area contributed by atoms with Crippen LogP contribution in [0.2, 0.25) is 0 Å². The second-order valence-electron chi connectivity index (χ2n) is 8.10. The molecule has 0 saturated carbocycles. The first-order chi connectivity index (χ1) is 13.2. The van der Waals surface area contributed by atoms with Crippen molar-refractivity contribution in [3.63, 3.8) is 0 Å². The molecule has 28 heavy (non-hydrogen) atoms. The van der Waals surface area contributed by atoms with Gasteiger partial charge in [0.1, 0.15) is 6.04 Å². The number of amides is 2. The lowest BCUT2D eigenvalue weighted by atomic mass is 9.92. The van der Waals surface area contributed by atoms with Crippen LogP contribution in [0.4, 0.5) is 0 Å². The summed E-state index contributed by atoms with van der Waals surface area (Å²) in [6, 6.07) is 7.41. The van der Waals surface area contributed by atoms with Crippen LogP contribution in [-0.2, 0) is 32.6 Å². The molecule has 2 aliphatic rings. The quantitative estimate of drug-likeness (QED) is 0.749. The summed E-state index contributed by atoms with van der Waals surface area (Å²) < 4.78 is 24.8. The minimum atomic E-state index is -3.25. The number of carbonyl (C=O) groups excluding carboxylic acids is 2. The van der Waals surface area contributed by atoms with E-state index in [0.717, 1.165) is 11.1 Å². The maximum absolute atomic E-state index is 13.3. The Kier molecular flexibility index (Phi) is 6.09. The highest BCUT2D eigenvalue weighted by Crippen LogP contribution is 2.26. The molecule has 1 aromatic carbocycles. The number of hydrogen-bond acceptors (Lipinski definition) is 4. The molecule has 2 aliphatic heterocycles. The Bertz CT molecular complexity index is 845.